The van der Waals surface area contributed by atoms with E-state index in [1.165, 1.54) is 4.90 Å². The Bertz CT molecular complexity index is 448. The minimum absolute atomic E-state index is 0.0523. The highest BCUT2D eigenvalue weighted by Crippen LogP contribution is 2.29. The maximum absolute atomic E-state index is 11.8. The van der Waals surface area contributed by atoms with Gasteiger partial charge in [0.15, 0.2) is 5.96 Å². The van der Waals surface area contributed by atoms with Gasteiger partial charge in [0.25, 0.3) is 0 Å². The monoisotopic (exact) mass is 326 g/mol. The quantitative estimate of drug-likeness (QED) is 0.475. The van der Waals surface area contributed by atoms with Crippen molar-refractivity contribution in [2.24, 2.45) is 4.99 Å². The first kappa shape index (κ1) is 17.1. The molecule has 2 rings (SSSR count). The zero-order valence-corrected chi connectivity index (χ0v) is 14.5. The second-order valence-electron chi connectivity index (χ2n) is 6.30. The fourth-order valence-electron chi connectivity index (χ4n) is 2.86. The standard InChI is InChI=1S/C15H26N4O2S/c1-15(2)11-18(9-10-22-15)14(16-3)17-7-8-19-12(20)5-4-6-13(19)21/h4-11H2,1-3H3,(H,16,17). The number of nitrogens with zero attached hydrogens (tertiary/aromatic N) is 3. The SMILES string of the molecule is CN=C(NCCN1C(=O)CCCC1=O)N1CCSC(C)(C)C1. The van der Waals surface area contributed by atoms with Gasteiger partial charge in [0.05, 0.1) is 0 Å². The molecule has 0 aromatic rings. The van der Waals surface area contributed by atoms with Gasteiger partial charge in [-0.15, -0.1) is 0 Å². The van der Waals surface area contributed by atoms with E-state index in [0.717, 1.165) is 24.8 Å². The molecule has 0 aromatic heterocycles. The molecule has 1 N–H and O–H groups in total. The molecule has 0 saturated carbocycles. The molecule has 0 unspecified atom stereocenters. The Labute approximate surface area is 136 Å². The summed E-state index contributed by atoms with van der Waals surface area (Å²) >= 11 is 1.98. The molecule has 2 aliphatic rings. The lowest BCUT2D eigenvalue weighted by Gasteiger charge is -2.39. The minimum Gasteiger partial charge on any atom is -0.354 e. The average Bonchev–Trinajstić information content (AvgIpc) is 2.45. The first-order valence-electron chi connectivity index (χ1n) is 7.86. The van der Waals surface area contributed by atoms with Crippen molar-refractivity contribution in [1.82, 2.24) is 15.1 Å². The topological polar surface area (TPSA) is 65.0 Å². The predicted molar refractivity (Wildman–Crippen MR) is 90.0 cm³/mol. The fraction of sp³-hybridized carbons (Fsp3) is 0.800. The van der Waals surface area contributed by atoms with E-state index in [2.05, 4.69) is 29.1 Å². The van der Waals surface area contributed by atoms with Gasteiger partial charge < -0.3 is 10.2 Å². The van der Waals surface area contributed by atoms with Crippen LogP contribution in [-0.2, 0) is 9.59 Å². The van der Waals surface area contributed by atoms with Crippen LogP contribution in [0.25, 0.3) is 0 Å². The summed E-state index contributed by atoms with van der Waals surface area (Å²) in [6.07, 6.45) is 1.65. The molecule has 2 aliphatic heterocycles. The predicted octanol–water partition coefficient (Wildman–Crippen LogP) is 0.928. The summed E-state index contributed by atoms with van der Waals surface area (Å²) in [5, 5.41) is 3.29. The summed E-state index contributed by atoms with van der Waals surface area (Å²) in [7, 11) is 1.77. The second kappa shape index (κ2) is 7.35. The third-order valence-electron chi connectivity index (χ3n) is 3.94. The molecule has 124 valence electrons. The first-order chi connectivity index (χ1) is 10.4. The van der Waals surface area contributed by atoms with Crippen LogP contribution in [0.5, 0.6) is 0 Å². The van der Waals surface area contributed by atoms with Crippen LogP contribution in [0.15, 0.2) is 4.99 Å². The first-order valence-corrected chi connectivity index (χ1v) is 8.84. The molecule has 0 aliphatic carbocycles. The maximum Gasteiger partial charge on any atom is 0.229 e. The van der Waals surface area contributed by atoms with Crippen LogP contribution in [-0.4, -0.2) is 71.3 Å². The Morgan fingerprint density at radius 2 is 2.00 bits per heavy atom. The Kier molecular flexibility index (Phi) is 5.72. The van der Waals surface area contributed by atoms with E-state index in [0.29, 0.717) is 32.4 Å². The molecule has 0 bridgehead atoms. The van der Waals surface area contributed by atoms with Crippen molar-refractivity contribution < 1.29 is 9.59 Å². The minimum atomic E-state index is -0.0523. The number of aliphatic imine (C=N–C) groups is 1. The van der Waals surface area contributed by atoms with E-state index in [9.17, 15) is 9.59 Å². The molecule has 7 heteroatoms. The number of carbonyl (C=O) groups is 2. The molecule has 0 aromatic carbocycles. The van der Waals surface area contributed by atoms with Crippen LogP contribution in [0.3, 0.4) is 0 Å². The molecule has 2 saturated heterocycles. The van der Waals surface area contributed by atoms with Gasteiger partial charge in [-0.3, -0.25) is 19.5 Å². The lowest BCUT2D eigenvalue weighted by atomic mass is 10.1. The zero-order chi connectivity index (χ0) is 16.2. The van der Waals surface area contributed by atoms with Gasteiger partial charge in [-0.05, 0) is 20.3 Å². The van der Waals surface area contributed by atoms with Crippen molar-refractivity contribution in [3.05, 3.63) is 0 Å². The lowest BCUT2D eigenvalue weighted by molar-refractivity contribution is -0.147. The summed E-state index contributed by atoms with van der Waals surface area (Å²) in [5.41, 5.74) is 0. The van der Waals surface area contributed by atoms with Crippen LogP contribution in [0.1, 0.15) is 33.1 Å². The Balaban J connectivity index is 1.84. The number of likely N-dealkylation sites (tertiary alicyclic amines) is 1. The molecule has 0 radical (unpaired) electrons. The Hall–Kier alpha value is -1.24. The average molecular weight is 326 g/mol. The largest absolute Gasteiger partial charge is 0.354 e. The van der Waals surface area contributed by atoms with Crippen molar-refractivity contribution in [2.75, 3.05) is 39.0 Å². The lowest BCUT2D eigenvalue weighted by Crippen LogP contribution is -2.52. The summed E-state index contributed by atoms with van der Waals surface area (Å²) in [6, 6.07) is 0. The highest BCUT2D eigenvalue weighted by atomic mass is 32.2. The van der Waals surface area contributed by atoms with Crippen LogP contribution in [0.2, 0.25) is 0 Å². The van der Waals surface area contributed by atoms with Crippen LogP contribution >= 0.6 is 11.8 Å². The van der Waals surface area contributed by atoms with Crippen LogP contribution in [0, 0.1) is 0 Å². The third-order valence-corrected chi connectivity index (χ3v) is 5.24. The Morgan fingerprint density at radius 1 is 1.32 bits per heavy atom. The van der Waals surface area contributed by atoms with E-state index in [1.807, 2.05) is 11.8 Å². The molecule has 2 fully saturated rings. The molecular weight excluding hydrogens is 300 g/mol. The van der Waals surface area contributed by atoms with Crippen molar-refractivity contribution in [1.29, 1.82) is 0 Å². The van der Waals surface area contributed by atoms with Gasteiger partial charge in [-0.2, -0.15) is 11.8 Å². The van der Waals surface area contributed by atoms with Crippen LogP contribution < -0.4 is 5.32 Å². The van der Waals surface area contributed by atoms with Crippen molar-refractivity contribution in [2.45, 2.75) is 37.9 Å². The van der Waals surface area contributed by atoms with E-state index in [1.54, 1.807) is 7.05 Å². The van der Waals surface area contributed by atoms with Crippen molar-refractivity contribution in [3.8, 4) is 0 Å². The van der Waals surface area contributed by atoms with Gasteiger partial charge in [0.2, 0.25) is 11.8 Å². The number of nitrogens with one attached hydrogen (secondary N) is 1. The van der Waals surface area contributed by atoms with Gasteiger partial charge in [-0.1, -0.05) is 0 Å². The number of hydrogen-bond donors (Lipinski definition) is 1. The smallest absolute Gasteiger partial charge is 0.229 e. The molecule has 0 atom stereocenters. The molecule has 2 amide bonds. The molecule has 22 heavy (non-hydrogen) atoms. The zero-order valence-electron chi connectivity index (χ0n) is 13.7. The second-order valence-corrected chi connectivity index (χ2v) is 8.10. The number of thioether (sulfide) groups is 1. The van der Waals surface area contributed by atoms with E-state index in [-0.39, 0.29) is 16.6 Å². The number of imide groups is 1. The highest BCUT2D eigenvalue weighted by molar-refractivity contribution is 8.00. The number of piperidine rings is 1. The molecule has 2 heterocycles. The normalized spacial score (nSPS) is 23.0. The van der Waals surface area contributed by atoms with Gasteiger partial charge >= 0.3 is 0 Å². The molecule has 6 nitrogen and oxygen atoms in total. The highest BCUT2D eigenvalue weighted by Gasteiger charge is 2.29. The van der Waals surface area contributed by atoms with Gasteiger partial charge in [-0.25, -0.2) is 0 Å². The number of guanidine groups is 1. The van der Waals surface area contributed by atoms with Crippen molar-refractivity contribution >= 4 is 29.5 Å². The van der Waals surface area contributed by atoms with Crippen molar-refractivity contribution in [3.63, 3.8) is 0 Å². The summed E-state index contributed by atoms with van der Waals surface area (Å²) in [4.78, 5) is 31.5. The Morgan fingerprint density at radius 3 is 2.59 bits per heavy atom. The number of amides is 2. The maximum atomic E-state index is 11.8. The fourth-order valence-corrected chi connectivity index (χ4v) is 3.97. The molecule has 0 spiro atoms. The number of hydrogen-bond acceptors (Lipinski definition) is 4. The summed E-state index contributed by atoms with van der Waals surface area (Å²) < 4.78 is 0.217. The van der Waals surface area contributed by atoms with Gasteiger partial charge in [0, 0.05) is 56.6 Å². The third kappa shape index (κ3) is 4.38. The summed E-state index contributed by atoms with van der Waals surface area (Å²) in [5.74, 6) is 1.83. The van der Waals surface area contributed by atoms with E-state index >= 15 is 0 Å². The number of rotatable bonds is 3. The van der Waals surface area contributed by atoms with E-state index < -0.39 is 0 Å². The van der Waals surface area contributed by atoms with Crippen LogP contribution in [0.4, 0.5) is 0 Å². The number of carbonyl (C=O) groups excluding carboxylic acids is 2. The molecular formula is C15H26N4O2S. The summed E-state index contributed by atoms with van der Waals surface area (Å²) in [6.45, 7) is 7.36. The van der Waals surface area contributed by atoms with E-state index in [4.69, 9.17) is 0 Å². The van der Waals surface area contributed by atoms with Gasteiger partial charge in [0.1, 0.15) is 0 Å².